The van der Waals surface area contributed by atoms with Crippen LogP contribution in [0.5, 0.6) is 0 Å². The normalized spacial score (nSPS) is 13.3. The molecule has 0 saturated heterocycles. The Hall–Kier alpha value is -4.46. The van der Waals surface area contributed by atoms with Crippen molar-refractivity contribution in [2.45, 2.75) is 5.41 Å². The van der Waals surface area contributed by atoms with E-state index >= 15 is 0 Å². The molecule has 0 nitrogen and oxygen atoms in total. The molecule has 7 aromatic carbocycles. The van der Waals surface area contributed by atoms with E-state index in [0.29, 0.717) is 0 Å². The second-order valence-electron chi connectivity index (χ2n) is 10.5. The highest BCUT2D eigenvalue weighted by Crippen LogP contribution is 2.59. The number of fused-ring (bicyclic) bond motifs is 5. The Morgan fingerprint density at radius 2 is 0.825 bits per heavy atom. The molecule has 0 bridgehead atoms. The minimum absolute atomic E-state index is 0.458. The minimum atomic E-state index is -0.458. The molecule has 188 valence electrons. The molecule has 0 atom stereocenters. The van der Waals surface area contributed by atoms with Gasteiger partial charge in [0.15, 0.2) is 0 Å². The van der Waals surface area contributed by atoms with Gasteiger partial charge in [-0.25, -0.2) is 0 Å². The van der Waals surface area contributed by atoms with E-state index in [1.54, 1.807) is 0 Å². The Kier molecular flexibility index (Phi) is 5.30. The lowest BCUT2D eigenvalue weighted by molar-refractivity contribution is 0.770. The fourth-order valence-electron chi connectivity index (χ4n) is 7.08. The van der Waals surface area contributed by atoms with Crippen LogP contribution in [-0.4, -0.2) is 0 Å². The van der Waals surface area contributed by atoms with Gasteiger partial charge in [-0.3, -0.25) is 0 Å². The number of hydrogen-bond acceptors (Lipinski definition) is 0. The maximum atomic E-state index is 3.97. The third-order valence-corrected chi connectivity index (χ3v) is 9.46. The molecule has 0 unspecified atom stereocenters. The van der Waals surface area contributed by atoms with E-state index in [2.05, 4.69) is 168 Å². The fourth-order valence-corrected chi connectivity index (χ4v) is 7.77. The van der Waals surface area contributed by atoms with E-state index in [1.807, 2.05) is 0 Å². The fraction of sp³-hybridized carbons (Fsp3) is 0.0256. The van der Waals surface area contributed by atoms with Crippen LogP contribution in [-0.2, 0) is 5.41 Å². The van der Waals surface area contributed by atoms with Gasteiger partial charge in [-0.15, -0.1) is 0 Å². The van der Waals surface area contributed by atoms with Gasteiger partial charge in [0, 0.05) is 4.47 Å². The van der Waals surface area contributed by atoms with Crippen LogP contribution in [0.3, 0.4) is 0 Å². The van der Waals surface area contributed by atoms with Crippen LogP contribution in [0.1, 0.15) is 22.3 Å². The van der Waals surface area contributed by atoms with Crippen molar-refractivity contribution in [3.8, 4) is 22.3 Å². The first-order chi connectivity index (χ1) is 19.8. The highest BCUT2D eigenvalue weighted by Gasteiger charge is 2.47. The van der Waals surface area contributed by atoms with Gasteiger partial charge in [0.1, 0.15) is 0 Å². The number of halogens is 1. The van der Waals surface area contributed by atoms with E-state index in [1.165, 1.54) is 66.1 Å². The summed E-state index contributed by atoms with van der Waals surface area (Å²) in [4.78, 5) is 0. The lowest BCUT2D eigenvalue weighted by Crippen LogP contribution is -2.29. The second kappa shape index (κ2) is 9.05. The van der Waals surface area contributed by atoms with Crippen LogP contribution >= 0.6 is 15.9 Å². The van der Waals surface area contributed by atoms with E-state index in [-0.39, 0.29) is 0 Å². The van der Waals surface area contributed by atoms with Gasteiger partial charge < -0.3 is 0 Å². The van der Waals surface area contributed by atoms with Crippen LogP contribution in [0.4, 0.5) is 0 Å². The largest absolute Gasteiger partial charge is 0.0719 e. The summed E-state index contributed by atoms with van der Waals surface area (Å²) in [5, 5.41) is 4.98. The summed E-state index contributed by atoms with van der Waals surface area (Å²) in [5.41, 5.74) is 9.97. The Bertz CT molecular complexity index is 1960. The number of rotatable bonds is 3. The molecule has 1 aliphatic rings. The summed E-state index contributed by atoms with van der Waals surface area (Å²) in [7, 11) is 0. The molecule has 8 rings (SSSR count). The smallest absolute Gasteiger partial charge is 0.0622 e. The van der Waals surface area contributed by atoms with E-state index in [4.69, 9.17) is 0 Å². The maximum Gasteiger partial charge on any atom is 0.0719 e. The summed E-state index contributed by atoms with van der Waals surface area (Å²) >= 11 is 3.97. The van der Waals surface area contributed by atoms with Crippen LogP contribution in [0.15, 0.2) is 156 Å². The van der Waals surface area contributed by atoms with Gasteiger partial charge in [-0.2, -0.15) is 0 Å². The zero-order valence-electron chi connectivity index (χ0n) is 21.8. The van der Waals surface area contributed by atoms with Crippen LogP contribution in [0, 0.1) is 0 Å². The SMILES string of the molecule is Brc1c2ccccc2c(-c2cccc3c2C(c2ccccc2)(c2ccccc2)c2ccccc2-3)c2ccccc12. The summed E-state index contributed by atoms with van der Waals surface area (Å²) < 4.78 is 1.15. The third-order valence-electron chi connectivity index (χ3n) is 8.61. The van der Waals surface area contributed by atoms with E-state index in [9.17, 15) is 0 Å². The molecule has 1 aliphatic carbocycles. The molecule has 0 N–H and O–H groups in total. The molecule has 0 spiro atoms. The second-order valence-corrected chi connectivity index (χ2v) is 11.3. The molecule has 0 amide bonds. The summed E-state index contributed by atoms with van der Waals surface area (Å²) in [6, 6.07) is 55.6. The number of benzene rings is 7. The zero-order chi connectivity index (χ0) is 26.7. The Morgan fingerprint density at radius 3 is 1.43 bits per heavy atom. The third kappa shape index (κ3) is 3.13. The topological polar surface area (TPSA) is 0 Å². The van der Waals surface area contributed by atoms with Crippen molar-refractivity contribution >= 4 is 37.5 Å². The average Bonchev–Trinajstić information content (AvgIpc) is 3.34. The predicted octanol–water partition coefficient (Wildman–Crippen LogP) is 10.8. The van der Waals surface area contributed by atoms with Crippen LogP contribution in [0.25, 0.3) is 43.8 Å². The van der Waals surface area contributed by atoms with Crippen molar-refractivity contribution in [3.05, 3.63) is 178 Å². The Morgan fingerprint density at radius 1 is 0.375 bits per heavy atom. The summed E-state index contributed by atoms with van der Waals surface area (Å²) in [6.07, 6.45) is 0. The van der Waals surface area contributed by atoms with E-state index in [0.717, 1.165) is 4.47 Å². The summed E-state index contributed by atoms with van der Waals surface area (Å²) in [5.74, 6) is 0. The predicted molar refractivity (Wildman–Crippen MR) is 172 cm³/mol. The lowest BCUT2D eigenvalue weighted by atomic mass is 9.66. The molecular formula is C39H25Br. The Labute approximate surface area is 242 Å². The highest BCUT2D eigenvalue weighted by atomic mass is 79.9. The summed E-state index contributed by atoms with van der Waals surface area (Å²) in [6.45, 7) is 0. The molecule has 7 aromatic rings. The first kappa shape index (κ1) is 23.4. The number of hydrogen-bond donors (Lipinski definition) is 0. The monoisotopic (exact) mass is 572 g/mol. The van der Waals surface area contributed by atoms with Crippen molar-refractivity contribution in [1.29, 1.82) is 0 Å². The minimum Gasteiger partial charge on any atom is -0.0622 e. The molecule has 1 heteroatoms. The lowest BCUT2D eigenvalue weighted by Gasteiger charge is -2.35. The molecule has 0 saturated carbocycles. The maximum absolute atomic E-state index is 3.97. The van der Waals surface area contributed by atoms with Crippen LogP contribution < -0.4 is 0 Å². The van der Waals surface area contributed by atoms with Gasteiger partial charge in [0.25, 0.3) is 0 Å². The van der Waals surface area contributed by atoms with Gasteiger partial charge in [0.2, 0.25) is 0 Å². The standard InChI is InChI=1S/C39H25Br/c40-38-32-21-9-7-19-29(32)36(30-20-8-10-22-33(30)38)34-24-13-23-31-28-18-11-12-25-35(28)39(37(31)34,26-14-3-1-4-15-26)27-16-5-2-6-17-27/h1-25H. The van der Waals surface area contributed by atoms with Crippen LogP contribution in [0.2, 0.25) is 0 Å². The van der Waals surface area contributed by atoms with Crippen molar-refractivity contribution < 1.29 is 0 Å². The van der Waals surface area contributed by atoms with Crippen molar-refractivity contribution in [2.24, 2.45) is 0 Å². The van der Waals surface area contributed by atoms with Gasteiger partial charge >= 0.3 is 0 Å². The van der Waals surface area contributed by atoms with E-state index < -0.39 is 5.41 Å². The first-order valence-corrected chi connectivity index (χ1v) is 14.5. The molecular weight excluding hydrogens is 548 g/mol. The molecule has 0 radical (unpaired) electrons. The first-order valence-electron chi connectivity index (χ1n) is 13.7. The van der Waals surface area contributed by atoms with Gasteiger partial charge in [-0.05, 0) is 82.0 Å². The quantitative estimate of drug-likeness (QED) is 0.185. The molecule has 40 heavy (non-hydrogen) atoms. The molecule has 0 heterocycles. The highest BCUT2D eigenvalue weighted by molar-refractivity contribution is 9.10. The average molecular weight is 574 g/mol. The van der Waals surface area contributed by atoms with Crippen molar-refractivity contribution in [3.63, 3.8) is 0 Å². The molecule has 0 aliphatic heterocycles. The molecule has 0 fully saturated rings. The Balaban J connectivity index is 1.62. The van der Waals surface area contributed by atoms with Gasteiger partial charge in [-0.1, -0.05) is 152 Å². The zero-order valence-corrected chi connectivity index (χ0v) is 23.4. The molecule has 0 aromatic heterocycles. The van der Waals surface area contributed by atoms with Crippen molar-refractivity contribution in [1.82, 2.24) is 0 Å². The van der Waals surface area contributed by atoms with Gasteiger partial charge in [0.05, 0.1) is 5.41 Å². The van der Waals surface area contributed by atoms with Crippen molar-refractivity contribution in [2.75, 3.05) is 0 Å².